The highest BCUT2D eigenvalue weighted by atomic mass is 32.1. The molecular weight excluding hydrogens is 266 g/mol. The number of aromatic nitrogens is 1. The van der Waals surface area contributed by atoms with E-state index in [2.05, 4.69) is 72.7 Å². The molecule has 2 aromatic rings. The SMILES string of the molecule is CCNC(C)c1ccc(N(C)C(C)c2cccs2)cn1. The van der Waals surface area contributed by atoms with Gasteiger partial charge in [0.2, 0.25) is 0 Å². The van der Waals surface area contributed by atoms with Crippen molar-refractivity contribution in [1.82, 2.24) is 10.3 Å². The molecular formula is C16H23N3S. The van der Waals surface area contributed by atoms with E-state index in [0.717, 1.165) is 17.9 Å². The van der Waals surface area contributed by atoms with Crippen LogP contribution in [0.3, 0.4) is 0 Å². The standard InChI is InChI=1S/C16H23N3S/c1-5-17-12(2)15-9-8-14(11-18-15)19(4)13(3)16-7-6-10-20-16/h6-13,17H,5H2,1-4H3. The molecule has 2 unspecified atom stereocenters. The first-order valence-corrected chi connectivity index (χ1v) is 7.97. The van der Waals surface area contributed by atoms with Crippen molar-refractivity contribution in [2.75, 3.05) is 18.5 Å². The smallest absolute Gasteiger partial charge is 0.0604 e. The molecule has 20 heavy (non-hydrogen) atoms. The summed E-state index contributed by atoms with van der Waals surface area (Å²) < 4.78 is 0. The van der Waals surface area contributed by atoms with Crippen molar-refractivity contribution in [3.8, 4) is 0 Å². The van der Waals surface area contributed by atoms with Gasteiger partial charge in [0.05, 0.1) is 23.6 Å². The number of nitrogens with one attached hydrogen (secondary N) is 1. The summed E-state index contributed by atoms with van der Waals surface area (Å²) in [5.41, 5.74) is 2.24. The maximum Gasteiger partial charge on any atom is 0.0604 e. The van der Waals surface area contributed by atoms with Crippen molar-refractivity contribution in [2.45, 2.75) is 32.9 Å². The molecule has 108 valence electrons. The van der Waals surface area contributed by atoms with Crippen LogP contribution in [0, 0.1) is 0 Å². The molecule has 0 bridgehead atoms. The van der Waals surface area contributed by atoms with Crippen LogP contribution >= 0.6 is 11.3 Å². The second-order valence-electron chi connectivity index (χ2n) is 5.02. The molecule has 0 aliphatic carbocycles. The Morgan fingerprint density at radius 1 is 1.30 bits per heavy atom. The van der Waals surface area contributed by atoms with Crippen LogP contribution < -0.4 is 10.2 Å². The fourth-order valence-electron chi connectivity index (χ4n) is 2.22. The van der Waals surface area contributed by atoms with E-state index in [-0.39, 0.29) is 0 Å². The third-order valence-electron chi connectivity index (χ3n) is 3.67. The summed E-state index contributed by atoms with van der Waals surface area (Å²) in [5, 5.41) is 5.51. The van der Waals surface area contributed by atoms with Crippen LogP contribution in [-0.2, 0) is 0 Å². The Morgan fingerprint density at radius 2 is 2.10 bits per heavy atom. The van der Waals surface area contributed by atoms with Crippen molar-refractivity contribution in [3.63, 3.8) is 0 Å². The average Bonchev–Trinajstić information content (AvgIpc) is 3.00. The minimum Gasteiger partial charge on any atom is -0.366 e. The first-order valence-electron chi connectivity index (χ1n) is 7.09. The van der Waals surface area contributed by atoms with Gasteiger partial charge in [-0.05, 0) is 44.0 Å². The lowest BCUT2D eigenvalue weighted by molar-refractivity contribution is 0.583. The van der Waals surface area contributed by atoms with E-state index in [1.165, 1.54) is 4.88 Å². The first-order chi connectivity index (χ1) is 9.63. The van der Waals surface area contributed by atoms with Crippen LogP contribution in [0.15, 0.2) is 35.8 Å². The second-order valence-corrected chi connectivity index (χ2v) is 6.00. The van der Waals surface area contributed by atoms with E-state index in [0.29, 0.717) is 12.1 Å². The van der Waals surface area contributed by atoms with Crippen molar-refractivity contribution >= 4 is 17.0 Å². The largest absolute Gasteiger partial charge is 0.366 e. The third kappa shape index (κ3) is 3.38. The molecule has 0 saturated carbocycles. The van der Waals surface area contributed by atoms with Crippen LogP contribution in [0.2, 0.25) is 0 Å². The molecule has 0 saturated heterocycles. The summed E-state index contributed by atoms with van der Waals surface area (Å²) in [6, 6.07) is 9.22. The summed E-state index contributed by atoms with van der Waals surface area (Å²) in [4.78, 5) is 8.22. The van der Waals surface area contributed by atoms with E-state index >= 15 is 0 Å². The fraction of sp³-hybridized carbons (Fsp3) is 0.438. The molecule has 0 radical (unpaired) electrons. The third-order valence-corrected chi connectivity index (χ3v) is 4.71. The Kier molecular flexibility index (Phi) is 5.15. The Hall–Kier alpha value is -1.39. The van der Waals surface area contributed by atoms with Gasteiger partial charge in [-0.15, -0.1) is 11.3 Å². The molecule has 4 heteroatoms. The molecule has 0 aliphatic heterocycles. The van der Waals surface area contributed by atoms with Crippen molar-refractivity contribution in [3.05, 3.63) is 46.4 Å². The fourth-order valence-corrected chi connectivity index (χ4v) is 3.04. The monoisotopic (exact) mass is 289 g/mol. The van der Waals surface area contributed by atoms with Gasteiger partial charge in [0.15, 0.2) is 0 Å². The maximum atomic E-state index is 4.58. The Morgan fingerprint density at radius 3 is 2.65 bits per heavy atom. The Labute approximate surface area is 125 Å². The highest BCUT2D eigenvalue weighted by molar-refractivity contribution is 7.10. The van der Waals surface area contributed by atoms with Crippen LogP contribution in [0.4, 0.5) is 5.69 Å². The lowest BCUT2D eigenvalue weighted by Crippen LogP contribution is -2.22. The van der Waals surface area contributed by atoms with Gasteiger partial charge < -0.3 is 10.2 Å². The average molecular weight is 289 g/mol. The topological polar surface area (TPSA) is 28.2 Å². The van der Waals surface area contributed by atoms with Gasteiger partial charge in [0.25, 0.3) is 0 Å². The quantitative estimate of drug-likeness (QED) is 0.871. The van der Waals surface area contributed by atoms with Crippen molar-refractivity contribution in [1.29, 1.82) is 0 Å². The van der Waals surface area contributed by atoms with E-state index < -0.39 is 0 Å². The highest BCUT2D eigenvalue weighted by Crippen LogP contribution is 2.28. The van der Waals surface area contributed by atoms with Crippen LogP contribution in [0.25, 0.3) is 0 Å². The van der Waals surface area contributed by atoms with Gasteiger partial charge in [-0.3, -0.25) is 4.98 Å². The zero-order chi connectivity index (χ0) is 14.5. The number of pyridine rings is 1. The minimum atomic E-state index is 0.300. The molecule has 1 N–H and O–H groups in total. The Balaban J connectivity index is 2.09. The summed E-state index contributed by atoms with van der Waals surface area (Å²) in [6.45, 7) is 7.44. The second kappa shape index (κ2) is 6.86. The van der Waals surface area contributed by atoms with Gasteiger partial charge >= 0.3 is 0 Å². The number of nitrogens with zero attached hydrogens (tertiary/aromatic N) is 2. The predicted molar refractivity (Wildman–Crippen MR) is 87.5 cm³/mol. The number of thiophene rings is 1. The summed E-state index contributed by atoms with van der Waals surface area (Å²) >= 11 is 1.80. The first kappa shape index (κ1) is 15.0. The van der Waals surface area contributed by atoms with Gasteiger partial charge in [-0.25, -0.2) is 0 Å². The molecule has 0 spiro atoms. The number of hydrogen-bond acceptors (Lipinski definition) is 4. The highest BCUT2D eigenvalue weighted by Gasteiger charge is 2.14. The minimum absolute atomic E-state index is 0.300. The molecule has 2 heterocycles. The van der Waals surface area contributed by atoms with Crippen LogP contribution in [0.5, 0.6) is 0 Å². The number of anilines is 1. The molecule has 0 fully saturated rings. The molecule has 0 amide bonds. The number of rotatable bonds is 6. The molecule has 0 aliphatic rings. The molecule has 3 nitrogen and oxygen atoms in total. The number of hydrogen-bond donors (Lipinski definition) is 1. The van der Waals surface area contributed by atoms with Crippen molar-refractivity contribution in [2.24, 2.45) is 0 Å². The summed E-state index contributed by atoms with van der Waals surface area (Å²) in [6.07, 6.45) is 1.97. The summed E-state index contributed by atoms with van der Waals surface area (Å²) in [5.74, 6) is 0. The molecule has 2 atom stereocenters. The Bertz CT molecular complexity index is 507. The van der Waals surface area contributed by atoms with Gasteiger partial charge in [0, 0.05) is 18.0 Å². The van der Waals surface area contributed by atoms with E-state index in [4.69, 9.17) is 0 Å². The van der Waals surface area contributed by atoms with Crippen LogP contribution in [-0.4, -0.2) is 18.6 Å². The zero-order valence-corrected chi connectivity index (χ0v) is 13.4. The lowest BCUT2D eigenvalue weighted by atomic mass is 10.2. The zero-order valence-electron chi connectivity index (χ0n) is 12.6. The van der Waals surface area contributed by atoms with Gasteiger partial charge in [0.1, 0.15) is 0 Å². The summed E-state index contributed by atoms with van der Waals surface area (Å²) in [7, 11) is 2.12. The molecule has 0 aromatic carbocycles. The van der Waals surface area contributed by atoms with E-state index in [1.54, 1.807) is 11.3 Å². The van der Waals surface area contributed by atoms with E-state index in [1.807, 2.05) is 6.20 Å². The molecule has 2 rings (SSSR count). The van der Waals surface area contributed by atoms with Crippen molar-refractivity contribution < 1.29 is 0 Å². The maximum absolute atomic E-state index is 4.58. The van der Waals surface area contributed by atoms with E-state index in [9.17, 15) is 0 Å². The van der Waals surface area contributed by atoms with Crippen LogP contribution in [0.1, 0.15) is 43.4 Å². The lowest BCUT2D eigenvalue weighted by Gasteiger charge is -2.26. The molecule has 2 aromatic heterocycles. The normalized spacial score (nSPS) is 14.0. The van der Waals surface area contributed by atoms with Gasteiger partial charge in [-0.1, -0.05) is 13.0 Å². The predicted octanol–water partition coefficient (Wildman–Crippen LogP) is 4.01. The van der Waals surface area contributed by atoms with Gasteiger partial charge in [-0.2, -0.15) is 0 Å².